The molecule has 238 valence electrons. The van der Waals surface area contributed by atoms with E-state index >= 15 is 0 Å². The number of aromatic nitrogens is 3. The quantitative estimate of drug-likeness (QED) is 0.185. The molecule has 11 rings (SSSR count). The molecule has 3 nitrogen and oxygen atoms in total. The zero-order valence-corrected chi connectivity index (χ0v) is 28.9. The molecular formula is C46H27N3S2. The molecule has 5 heteroatoms. The zero-order chi connectivity index (χ0) is 33.5. The minimum atomic E-state index is 0.662. The van der Waals surface area contributed by atoms with Crippen LogP contribution in [0.3, 0.4) is 0 Å². The Bertz CT molecular complexity index is 3080. The lowest BCUT2D eigenvalue weighted by Gasteiger charge is -2.12. The normalized spacial score (nSPS) is 11.9. The van der Waals surface area contributed by atoms with Crippen molar-refractivity contribution in [3.63, 3.8) is 0 Å². The Morgan fingerprint density at radius 2 is 0.961 bits per heavy atom. The van der Waals surface area contributed by atoms with Crippen molar-refractivity contribution in [1.29, 1.82) is 0 Å². The first-order chi connectivity index (χ1) is 25.3. The van der Waals surface area contributed by atoms with Crippen molar-refractivity contribution in [2.75, 3.05) is 0 Å². The molecule has 0 N–H and O–H groups in total. The third kappa shape index (κ3) is 4.42. The van der Waals surface area contributed by atoms with E-state index in [4.69, 9.17) is 9.97 Å². The van der Waals surface area contributed by atoms with Crippen LogP contribution in [-0.4, -0.2) is 14.5 Å². The Kier molecular flexibility index (Phi) is 6.29. The summed E-state index contributed by atoms with van der Waals surface area (Å²) >= 11 is 3.75. The Labute approximate surface area is 301 Å². The first-order valence-electron chi connectivity index (χ1n) is 17.1. The van der Waals surface area contributed by atoms with Crippen LogP contribution in [0.5, 0.6) is 0 Å². The number of benzene rings is 7. The summed E-state index contributed by atoms with van der Waals surface area (Å²) in [6, 6.07) is 58.6. The maximum absolute atomic E-state index is 5.30. The fourth-order valence-corrected chi connectivity index (χ4v) is 10.2. The van der Waals surface area contributed by atoms with Crippen LogP contribution in [0, 0.1) is 0 Å². The van der Waals surface area contributed by atoms with E-state index in [0.29, 0.717) is 5.95 Å². The molecule has 11 aromatic rings. The number of hydrogen-bond donors (Lipinski definition) is 0. The molecule has 0 atom stereocenters. The van der Waals surface area contributed by atoms with Crippen LogP contribution < -0.4 is 0 Å². The van der Waals surface area contributed by atoms with Crippen molar-refractivity contribution in [2.24, 2.45) is 0 Å². The first-order valence-corrected chi connectivity index (χ1v) is 18.7. The molecule has 0 saturated heterocycles. The molecule has 0 unspecified atom stereocenters. The summed E-state index contributed by atoms with van der Waals surface area (Å²) in [5, 5.41) is 7.64. The second kappa shape index (κ2) is 11.2. The minimum absolute atomic E-state index is 0.662. The number of nitrogens with zero attached hydrogens (tertiary/aromatic N) is 3. The van der Waals surface area contributed by atoms with Crippen LogP contribution in [0.15, 0.2) is 164 Å². The highest BCUT2D eigenvalue weighted by Crippen LogP contribution is 2.45. The molecule has 0 radical (unpaired) electrons. The van der Waals surface area contributed by atoms with Crippen molar-refractivity contribution in [3.8, 4) is 39.6 Å². The van der Waals surface area contributed by atoms with Crippen LogP contribution in [0.25, 0.3) is 102 Å². The second-order valence-corrected chi connectivity index (χ2v) is 15.1. The summed E-state index contributed by atoms with van der Waals surface area (Å²) in [6.07, 6.45) is 0. The smallest absolute Gasteiger partial charge is 0.235 e. The van der Waals surface area contributed by atoms with Crippen LogP contribution in [0.4, 0.5) is 0 Å². The highest BCUT2D eigenvalue weighted by molar-refractivity contribution is 7.27. The minimum Gasteiger partial charge on any atom is -0.278 e. The monoisotopic (exact) mass is 685 g/mol. The highest BCUT2D eigenvalue weighted by atomic mass is 32.1. The van der Waals surface area contributed by atoms with Gasteiger partial charge >= 0.3 is 0 Å². The van der Waals surface area contributed by atoms with E-state index in [0.717, 1.165) is 33.5 Å². The molecule has 0 aliphatic carbocycles. The molecule has 0 saturated carbocycles. The molecule has 0 aliphatic heterocycles. The van der Waals surface area contributed by atoms with Crippen molar-refractivity contribution in [3.05, 3.63) is 164 Å². The number of rotatable bonds is 4. The SMILES string of the molecule is c1ccc(-c2cc(-c3ccccc3)nc(-n3c4ccc(-c5cccc6c5sc5ccccc56)cc4c4c5sc6ccccc6c5ccc43)n2)cc1. The van der Waals surface area contributed by atoms with Gasteiger partial charge in [0.05, 0.1) is 22.4 Å². The molecule has 7 aromatic carbocycles. The zero-order valence-electron chi connectivity index (χ0n) is 27.2. The highest BCUT2D eigenvalue weighted by Gasteiger charge is 2.21. The van der Waals surface area contributed by atoms with E-state index in [2.05, 4.69) is 156 Å². The summed E-state index contributed by atoms with van der Waals surface area (Å²) in [6.45, 7) is 0. The van der Waals surface area contributed by atoms with Gasteiger partial charge in [-0.25, -0.2) is 9.97 Å². The van der Waals surface area contributed by atoms with Gasteiger partial charge < -0.3 is 0 Å². The van der Waals surface area contributed by atoms with Crippen molar-refractivity contribution >= 4 is 84.8 Å². The molecular weight excluding hydrogens is 659 g/mol. The summed E-state index contributed by atoms with van der Waals surface area (Å²) in [7, 11) is 0. The Morgan fingerprint density at radius 3 is 1.65 bits per heavy atom. The van der Waals surface area contributed by atoms with Crippen molar-refractivity contribution in [1.82, 2.24) is 14.5 Å². The summed E-state index contributed by atoms with van der Waals surface area (Å²) in [4.78, 5) is 10.6. The third-order valence-electron chi connectivity index (χ3n) is 10.0. The Balaban J connectivity index is 1.24. The van der Waals surface area contributed by atoms with Crippen LogP contribution in [0.2, 0.25) is 0 Å². The molecule has 4 heterocycles. The van der Waals surface area contributed by atoms with Crippen molar-refractivity contribution < 1.29 is 0 Å². The van der Waals surface area contributed by atoms with E-state index in [1.54, 1.807) is 0 Å². The van der Waals surface area contributed by atoms with Gasteiger partial charge in [-0.15, -0.1) is 22.7 Å². The number of hydrogen-bond acceptors (Lipinski definition) is 4. The molecule has 51 heavy (non-hydrogen) atoms. The molecule has 4 aromatic heterocycles. The molecule has 0 fully saturated rings. The van der Waals surface area contributed by atoms with Gasteiger partial charge in [-0.2, -0.15) is 0 Å². The van der Waals surface area contributed by atoms with Gasteiger partial charge in [-0.05, 0) is 47.5 Å². The van der Waals surface area contributed by atoms with Gasteiger partial charge in [0.1, 0.15) is 0 Å². The topological polar surface area (TPSA) is 30.7 Å². The van der Waals surface area contributed by atoms with Gasteiger partial charge in [0.25, 0.3) is 0 Å². The third-order valence-corrected chi connectivity index (χ3v) is 12.5. The number of fused-ring (bicyclic) bond motifs is 10. The molecule has 0 aliphatic rings. The van der Waals surface area contributed by atoms with E-state index in [-0.39, 0.29) is 0 Å². The first kappa shape index (κ1) is 28.7. The average Bonchev–Trinajstić information content (AvgIpc) is 3.87. The van der Waals surface area contributed by atoms with Gasteiger partial charge in [0.15, 0.2) is 0 Å². The average molecular weight is 686 g/mol. The van der Waals surface area contributed by atoms with E-state index in [9.17, 15) is 0 Å². The maximum Gasteiger partial charge on any atom is 0.235 e. The van der Waals surface area contributed by atoms with E-state index in [1.807, 2.05) is 34.8 Å². The lowest BCUT2D eigenvalue weighted by atomic mass is 10.00. The summed E-state index contributed by atoms with van der Waals surface area (Å²) in [5.41, 5.74) is 8.57. The maximum atomic E-state index is 5.30. The lowest BCUT2D eigenvalue weighted by molar-refractivity contribution is 0.996. The fraction of sp³-hybridized carbons (Fsp3) is 0. The van der Waals surface area contributed by atoms with Crippen molar-refractivity contribution in [2.45, 2.75) is 0 Å². The van der Waals surface area contributed by atoms with Gasteiger partial charge in [0.2, 0.25) is 5.95 Å². The number of thiophene rings is 2. The molecule has 0 amide bonds. The lowest BCUT2D eigenvalue weighted by Crippen LogP contribution is -2.04. The predicted molar refractivity (Wildman–Crippen MR) is 218 cm³/mol. The standard InChI is InChI=1S/C46H27N3S2/c1-3-12-28(13-4-1)37-27-38(29-14-5-2-6-15-29)48-46(47-37)49-39-24-22-30(31-18-11-19-34-32-16-7-9-20-41(32)50-44(31)34)26-36(39)43-40(49)25-23-35-33-17-8-10-21-42(33)51-45(35)43/h1-27H. The van der Waals surface area contributed by atoms with E-state index < -0.39 is 0 Å². The van der Waals surface area contributed by atoms with Crippen LogP contribution in [-0.2, 0) is 0 Å². The fourth-order valence-electron chi connectivity index (χ4n) is 7.69. The van der Waals surface area contributed by atoms with Gasteiger partial charge in [-0.3, -0.25) is 4.57 Å². The largest absolute Gasteiger partial charge is 0.278 e. The second-order valence-electron chi connectivity index (χ2n) is 13.0. The van der Waals surface area contributed by atoms with Gasteiger partial charge in [-0.1, -0.05) is 127 Å². The molecule has 0 bridgehead atoms. The Hall–Kier alpha value is -6.14. The molecule has 0 spiro atoms. The predicted octanol–water partition coefficient (Wildman–Crippen LogP) is 13.3. The summed E-state index contributed by atoms with van der Waals surface area (Å²) < 4.78 is 7.49. The summed E-state index contributed by atoms with van der Waals surface area (Å²) in [5.74, 6) is 0.662. The van der Waals surface area contributed by atoms with Gasteiger partial charge in [0, 0.05) is 62.2 Å². The van der Waals surface area contributed by atoms with Crippen LogP contribution >= 0.6 is 22.7 Å². The van der Waals surface area contributed by atoms with Crippen LogP contribution in [0.1, 0.15) is 0 Å². The van der Waals surface area contributed by atoms with E-state index in [1.165, 1.54) is 62.2 Å². The Morgan fingerprint density at radius 1 is 0.392 bits per heavy atom.